The van der Waals surface area contributed by atoms with Crippen molar-refractivity contribution >= 4 is 5.91 Å². The van der Waals surface area contributed by atoms with Crippen LogP contribution in [0.4, 0.5) is 8.78 Å². The average Bonchev–Trinajstić information content (AvgIpc) is 3.18. The molecule has 0 spiro atoms. The number of carbonyl (C=O) groups excluding carboxylic acids is 1. The van der Waals surface area contributed by atoms with Crippen molar-refractivity contribution in [2.24, 2.45) is 0 Å². The second kappa shape index (κ2) is 5.04. The summed E-state index contributed by atoms with van der Waals surface area (Å²) < 4.78 is 26.3. The van der Waals surface area contributed by atoms with Gasteiger partial charge in [0, 0.05) is 18.0 Å². The summed E-state index contributed by atoms with van der Waals surface area (Å²) in [6, 6.07) is 12.8. The third-order valence-corrected chi connectivity index (χ3v) is 3.51. The highest BCUT2D eigenvalue weighted by Crippen LogP contribution is 2.40. The molecular formula is C16H13F2NO. The summed E-state index contributed by atoms with van der Waals surface area (Å²) in [7, 11) is 0. The molecule has 0 saturated heterocycles. The van der Waals surface area contributed by atoms with Crippen molar-refractivity contribution in [2.75, 3.05) is 0 Å². The van der Waals surface area contributed by atoms with Crippen LogP contribution < -0.4 is 5.32 Å². The first-order valence-electron chi connectivity index (χ1n) is 6.46. The Balaban J connectivity index is 1.66. The van der Waals surface area contributed by atoms with E-state index in [-0.39, 0.29) is 17.5 Å². The second-order valence-electron chi connectivity index (χ2n) is 4.96. The first-order valence-corrected chi connectivity index (χ1v) is 6.46. The molecule has 2 aromatic carbocycles. The normalized spacial score (nSPS) is 20.5. The van der Waals surface area contributed by atoms with E-state index in [9.17, 15) is 13.6 Å². The molecule has 1 N–H and O–H groups in total. The summed E-state index contributed by atoms with van der Waals surface area (Å²) in [4.78, 5) is 11.9. The van der Waals surface area contributed by atoms with Gasteiger partial charge >= 0.3 is 0 Å². The molecule has 4 heteroatoms. The molecule has 1 aliphatic carbocycles. The van der Waals surface area contributed by atoms with Crippen LogP contribution >= 0.6 is 0 Å². The highest BCUT2D eigenvalue weighted by atomic mass is 19.1. The summed E-state index contributed by atoms with van der Waals surface area (Å²) in [5, 5.41) is 2.78. The summed E-state index contributed by atoms with van der Waals surface area (Å²) in [5.41, 5.74) is 1.04. The van der Waals surface area contributed by atoms with E-state index in [1.54, 1.807) is 0 Å². The van der Waals surface area contributed by atoms with E-state index < -0.39 is 17.5 Å². The smallest absolute Gasteiger partial charge is 0.254 e. The van der Waals surface area contributed by atoms with Crippen LogP contribution in [0.1, 0.15) is 28.3 Å². The number of hydrogen-bond donors (Lipinski definition) is 1. The Labute approximate surface area is 115 Å². The first-order chi connectivity index (χ1) is 9.65. The van der Waals surface area contributed by atoms with Crippen LogP contribution in [-0.2, 0) is 0 Å². The van der Waals surface area contributed by atoms with Crippen LogP contribution in [0.2, 0.25) is 0 Å². The van der Waals surface area contributed by atoms with Crippen LogP contribution in [0.25, 0.3) is 0 Å². The zero-order chi connectivity index (χ0) is 14.1. The predicted molar refractivity (Wildman–Crippen MR) is 71.4 cm³/mol. The maximum atomic E-state index is 13.5. The molecule has 3 rings (SSSR count). The summed E-state index contributed by atoms with van der Waals surface area (Å²) in [6.45, 7) is 0. The fraction of sp³-hybridized carbons (Fsp3) is 0.188. The minimum absolute atomic E-state index is 0.0225. The Morgan fingerprint density at radius 2 is 1.85 bits per heavy atom. The molecule has 2 atom stereocenters. The molecule has 102 valence electrons. The van der Waals surface area contributed by atoms with Crippen LogP contribution in [0.15, 0.2) is 48.5 Å². The third kappa shape index (κ3) is 2.54. The van der Waals surface area contributed by atoms with Crippen molar-refractivity contribution < 1.29 is 13.6 Å². The van der Waals surface area contributed by atoms with Gasteiger partial charge in [-0.15, -0.1) is 0 Å². The van der Waals surface area contributed by atoms with Gasteiger partial charge in [-0.25, -0.2) is 8.78 Å². The van der Waals surface area contributed by atoms with Crippen LogP contribution in [0.3, 0.4) is 0 Å². The summed E-state index contributed by atoms with van der Waals surface area (Å²) in [5.74, 6) is -1.73. The van der Waals surface area contributed by atoms with Crippen LogP contribution in [-0.4, -0.2) is 11.9 Å². The van der Waals surface area contributed by atoms with Crippen molar-refractivity contribution in [2.45, 2.75) is 18.4 Å². The summed E-state index contributed by atoms with van der Waals surface area (Å²) >= 11 is 0. The standard InChI is InChI=1S/C16H13F2NO/c17-11-6-7-12(14(18)8-11)16(20)19-15-9-13(15)10-4-2-1-3-5-10/h1-8,13,15H,9H2,(H,19,20). The van der Waals surface area contributed by atoms with Gasteiger partial charge in [-0.2, -0.15) is 0 Å². The van der Waals surface area contributed by atoms with Crippen molar-refractivity contribution in [1.82, 2.24) is 5.32 Å². The largest absolute Gasteiger partial charge is 0.349 e. The molecule has 2 unspecified atom stereocenters. The Hall–Kier alpha value is -2.23. The monoisotopic (exact) mass is 273 g/mol. The third-order valence-electron chi connectivity index (χ3n) is 3.51. The Morgan fingerprint density at radius 3 is 2.55 bits per heavy atom. The van der Waals surface area contributed by atoms with Gasteiger partial charge < -0.3 is 5.32 Å². The second-order valence-corrected chi connectivity index (χ2v) is 4.96. The van der Waals surface area contributed by atoms with Crippen molar-refractivity contribution in [3.8, 4) is 0 Å². The number of carbonyl (C=O) groups is 1. The van der Waals surface area contributed by atoms with E-state index >= 15 is 0 Å². The lowest BCUT2D eigenvalue weighted by Crippen LogP contribution is -2.27. The zero-order valence-corrected chi connectivity index (χ0v) is 10.6. The first kappa shape index (κ1) is 12.8. The van der Waals surface area contributed by atoms with Crippen LogP contribution in [0.5, 0.6) is 0 Å². The van der Waals surface area contributed by atoms with Gasteiger partial charge in [-0.3, -0.25) is 4.79 Å². The van der Waals surface area contributed by atoms with Gasteiger partial charge in [0.25, 0.3) is 5.91 Å². The molecule has 0 bridgehead atoms. The lowest BCUT2D eigenvalue weighted by molar-refractivity contribution is 0.0946. The van der Waals surface area contributed by atoms with Crippen molar-refractivity contribution in [3.63, 3.8) is 0 Å². The van der Waals surface area contributed by atoms with Gasteiger partial charge in [0.2, 0.25) is 0 Å². The maximum absolute atomic E-state index is 13.5. The molecule has 0 aromatic heterocycles. The Kier molecular flexibility index (Phi) is 3.22. The average molecular weight is 273 g/mol. The SMILES string of the molecule is O=C(NC1CC1c1ccccc1)c1ccc(F)cc1F. The molecule has 1 saturated carbocycles. The lowest BCUT2D eigenvalue weighted by atomic mass is 10.1. The van der Waals surface area contributed by atoms with E-state index in [1.165, 1.54) is 6.07 Å². The van der Waals surface area contributed by atoms with E-state index in [0.717, 1.165) is 24.1 Å². The van der Waals surface area contributed by atoms with Crippen molar-refractivity contribution in [1.29, 1.82) is 0 Å². The molecule has 1 amide bonds. The number of benzene rings is 2. The molecule has 20 heavy (non-hydrogen) atoms. The molecular weight excluding hydrogens is 260 g/mol. The van der Waals surface area contributed by atoms with Gasteiger partial charge in [0.05, 0.1) is 5.56 Å². The minimum atomic E-state index is -0.834. The molecule has 1 fully saturated rings. The molecule has 2 aromatic rings. The number of rotatable bonds is 3. The number of nitrogens with one attached hydrogen (secondary N) is 1. The highest BCUT2D eigenvalue weighted by Gasteiger charge is 2.39. The topological polar surface area (TPSA) is 29.1 Å². The van der Waals surface area contributed by atoms with E-state index in [0.29, 0.717) is 0 Å². The molecule has 0 aliphatic heterocycles. The van der Waals surface area contributed by atoms with Gasteiger partial charge in [-0.05, 0) is 24.1 Å². The van der Waals surface area contributed by atoms with Gasteiger partial charge in [-0.1, -0.05) is 30.3 Å². The van der Waals surface area contributed by atoms with E-state index in [4.69, 9.17) is 0 Å². The number of amides is 1. The van der Waals surface area contributed by atoms with E-state index in [2.05, 4.69) is 5.32 Å². The van der Waals surface area contributed by atoms with Gasteiger partial charge in [0.1, 0.15) is 11.6 Å². The number of halogens is 2. The fourth-order valence-corrected chi connectivity index (χ4v) is 2.34. The number of hydrogen-bond acceptors (Lipinski definition) is 1. The van der Waals surface area contributed by atoms with Crippen LogP contribution in [0, 0.1) is 11.6 Å². The quantitative estimate of drug-likeness (QED) is 0.913. The Morgan fingerprint density at radius 1 is 1.10 bits per heavy atom. The minimum Gasteiger partial charge on any atom is -0.349 e. The Bertz CT molecular complexity index is 642. The zero-order valence-electron chi connectivity index (χ0n) is 10.6. The maximum Gasteiger partial charge on any atom is 0.254 e. The molecule has 2 nitrogen and oxygen atoms in total. The lowest BCUT2D eigenvalue weighted by Gasteiger charge is -2.06. The predicted octanol–water partition coefficient (Wildman–Crippen LogP) is 3.25. The summed E-state index contributed by atoms with van der Waals surface area (Å²) in [6.07, 6.45) is 0.846. The fourth-order valence-electron chi connectivity index (χ4n) is 2.34. The van der Waals surface area contributed by atoms with E-state index in [1.807, 2.05) is 30.3 Å². The molecule has 0 radical (unpaired) electrons. The molecule has 0 heterocycles. The molecule has 1 aliphatic rings. The van der Waals surface area contributed by atoms with Gasteiger partial charge in [0.15, 0.2) is 0 Å². The highest BCUT2D eigenvalue weighted by molar-refractivity contribution is 5.94. The van der Waals surface area contributed by atoms with Crippen molar-refractivity contribution in [3.05, 3.63) is 71.3 Å².